The van der Waals surface area contributed by atoms with Crippen molar-refractivity contribution in [3.63, 3.8) is 0 Å². The Hall–Kier alpha value is -3.90. The van der Waals surface area contributed by atoms with Crippen LogP contribution in [0.15, 0.2) is 88.2 Å². The van der Waals surface area contributed by atoms with Crippen LogP contribution in [-0.4, -0.2) is 46.3 Å². The molecule has 3 heterocycles. The lowest BCUT2D eigenvalue weighted by Crippen LogP contribution is -2.36. The Morgan fingerprint density at radius 2 is 1.60 bits per heavy atom. The lowest BCUT2D eigenvalue weighted by atomic mass is 10.0. The molecule has 0 unspecified atom stereocenters. The second-order valence-corrected chi connectivity index (χ2v) is 16.2. The average Bonchev–Trinajstić information content (AvgIpc) is 3.03. The summed E-state index contributed by atoms with van der Waals surface area (Å²) in [6, 6.07) is 17.2. The Kier molecular flexibility index (Phi) is 10.3. The van der Waals surface area contributed by atoms with Gasteiger partial charge in [0.2, 0.25) is 10.0 Å². The molecule has 248 valence electrons. The lowest BCUT2D eigenvalue weighted by molar-refractivity contribution is 0.346. The zero-order valence-corrected chi connectivity index (χ0v) is 29.0. The van der Waals surface area contributed by atoms with Gasteiger partial charge in [0.25, 0.3) is 5.56 Å². The van der Waals surface area contributed by atoms with Crippen molar-refractivity contribution in [1.29, 1.82) is 0 Å². The first-order valence-corrected chi connectivity index (χ1v) is 18.8. The van der Waals surface area contributed by atoms with Crippen LogP contribution >= 0.6 is 11.6 Å². The molecule has 47 heavy (non-hydrogen) atoms. The topological polar surface area (TPSA) is 126 Å². The van der Waals surface area contributed by atoms with Gasteiger partial charge in [-0.2, -0.15) is 0 Å². The van der Waals surface area contributed by atoms with Crippen LogP contribution in [0.4, 0.5) is 5.69 Å². The number of benzene rings is 3. The summed E-state index contributed by atoms with van der Waals surface area (Å²) < 4.78 is 57.4. The number of hydrogen-bond acceptors (Lipinski definition) is 7. The fraction of sp³-hybridized carbons (Fsp3) is 0.286. The van der Waals surface area contributed by atoms with E-state index in [4.69, 9.17) is 16.3 Å². The van der Waals surface area contributed by atoms with Gasteiger partial charge in [0, 0.05) is 40.6 Å². The van der Waals surface area contributed by atoms with Crippen molar-refractivity contribution < 1.29 is 21.6 Å². The summed E-state index contributed by atoms with van der Waals surface area (Å²) in [7, 11) is -5.45. The summed E-state index contributed by atoms with van der Waals surface area (Å²) >= 11 is 5.94. The van der Waals surface area contributed by atoms with E-state index in [2.05, 4.69) is 16.9 Å². The molecule has 0 spiro atoms. The molecule has 6 rings (SSSR count). The molecular weight excluding hydrogens is 658 g/mol. The standard InChI is InChI=1S/C18H16ClNO4S.C17H22N2O2S/c1-11-7-13-8-12(3-5-15(13)20-18(11)21)10-25(22,23)17-9-14(19)4-6-16(17)24-2;1-13-10-16-11-15(6-7-17(16)18-14(13)2)12-22(20,21)19-8-4-3-5-9-19/h3-9H,10H2,1-2H3,(H,20,21);6-7,10-11,18H,2-5,8-9,12H2,1H3. The minimum Gasteiger partial charge on any atom is -0.495 e. The highest BCUT2D eigenvalue weighted by atomic mass is 35.5. The van der Waals surface area contributed by atoms with Crippen molar-refractivity contribution in [1.82, 2.24) is 9.29 Å². The van der Waals surface area contributed by atoms with Crippen LogP contribution in [0.1, 0.15) is 48.4 Å². The first kappa shape index (κ1) is 34.4. The van der Waals surface area contributed by atoms with Crippen LogP contribution in [0.25, 0.3) is 17.0 Å². The van der Waals surface area contributed by atoms with Crippen LogP contribution in [0, 0.1) is 6.92 Å². The third kappa shape index (κ3) is 8.16. The number of nitrogens with one attached hydrogen (secondary N) is 2. The van der Waals surface area contributed by atoms with E-state index in [1.54, 1.807) is 41.6 Å². The summed E-state index contributed by atoms with van der Waals surface area (Å²) in [5.74, 6) is 0.136. The predicted molar refractivity (Wildman–Crippen MR) is 189 cm³/mol. The van der Waals surface area contributed by atoms with Crippen molar-refractivity contribution in [2.45, 2.75) is 49.5 Å². The number of allylic oxidation sites excluding steroid dienone is 1. The summed E-state index contributed by atoms with van der Waals surface area (Å²) in [5.41, 5.74) is 6.50. The van der Waals surface area contributed by atoms with Crippen LogP contribution in [0.5, 0.6) is 5.75 Å². The Morgan fingerprint density at radius 3 is 2.32 bits per heavy atom. The van der Waals surface area contributed by atoms with E-state index in [0.29, 0.717) is 34.8 Å². The molecule has 4 aromatic rings. The molecule has 2 aliphatic heterocycles. The molecule has 9 nitrogen and oxygen atoms in total. The Bertz CT molecular complexity index is 2150. The number of piperidine rings is 1. The van der Waals surface area contributed by atoms with Crippen molar-refractivity contribution >= 4 is 54.1 Å². The largest absolute Gasteiger partial charge is 0.495 e. The molecule has 1 fully saturated rings. The molecule has 1 aromatic heterocycles. The highest BCUT2D eigenvalue weighted by molar-refractivity contribution is 7.90. The molecule has 3 aromatic carbocycles. The number of aromatic nitrogens is 1. The molecular formula is C35H38ClN3O6S2. The normalized spacial score (nSPS) is 15.2. The molecule has 0 atom stereocenters. The number of aryl methyl sites for hydroxylation is 1. The van der Waals surface area contributed by atoms with Gasteiger partial charge in [-0.05, 0) is 109 Å². The van der Waals surface area contributed by atoms with Crippen molar-refractivity contribution in [2.24, 2.45) is 0 Å². The summed E-state index contributed by atoms with van der Waals surface area (Å²) in [4.78, 5) is 14.5. The quantitative estimate of drug-likeness (QED) is 0.217. The number of H-pyrrole nitrogens is 1. The van der Waals surface area contributed by atoms with E-state index in [-0.39, 0.29) is 27.7 Å². The molecule has 0 aliphatic carbocycles. The monoisotopic (exact) mass is 695 g/mol. The van der Waals surface area contributed by atoms with Gasteiger partial charge in [-0.25, -0.2) is 21.1 Å². The van der Waals surface area contributed by atoms with Gasteiger partial charge >= 0.3 is 0 Å². The number of rotatable bonds is 7. The Morgan fingerprint density at radius 1 is 0.894 bits per heavy atom. The van der Waals surface area contributed by atoms with E-state index in [0.717, 1.165) is 52.7 Å². The SMILES string of the molecule is C=C1Nc2ccc(CS(=O)(=O)N3CCCCC3)cc2C=C1C.COc1ccc(Cl)cc1S(=O)(=O)Cc1ccc2[nH]c(=O)c(C)cc2c1. The zero-order chi connectivity index (χ0) is 33.9. The van der Waals surface area contributed by atoms with Crippen LogP contribution in [0.3, 0.4) is 0 Å². The number of ether oxygens (including phenoxy) is 1. The number of fused-ring (bicyclic) bond motifs is 2. The minimum atomic E-state index is -3.65. The smallest absolute Gasteiger partial charge is 0.251 e. The number of pyridine rings is 1. The van der Waals surface area contributed by atoms with E-state index < -0.39 is 19.9 Å². The number of methoxy groups -OCH3 is 1. The number of sulfone groups is 1. The van der Waals surface area contributed by atoms with Crippen LogP contribution in [-0.2, 0) is 31.4 Å². The molecule has 1 saturated heterocycles. The van der Waals surface area contributed by atoms with Crippen LogP contribution in [0.2, 0.25) is 5.02 Å². The molecule has 2 aliphatic rings. The van der Waals surface area contributed by atoms with Gasteiger partial charge in [-0.15, -0.1) is 0 Å². The van der Waals surface area contributed by atoms with E-state index in [1.165, 1.54) is 19.2 Å². The third-order valence-corrected chi connectivity index (χ3v) is 12.0. The van der Waals surface area contributed by atoms with Gasteiger partial charge in [0.05, 0.1) is 18.6 Å². The minimum absolute atomic E-state index is 0.0558. The fourth-order valence-corrected chi connectivity index (χ4v) is 8.98. The van der Waals surface area contributed by atoms with Gasteiger partial charge in [-0.3, -0.25) is 4.79 Å². The van der Waals surface area contributed by atoms with E-state index in [1.807, 2.05) is 31.2 Å². The molecule has 0 bridgehead atoms. The molecule has 12 heteroatoms. The maximum atomic E-state index is 12.8. The van der Waals surface area contributed by atoms with Crippen molar-refractivity contribution in [3.05, 3.63) is 116 Å². The molecule has 0 amide bonds. The van der Waals surface area contributed by atoms with Crippen molar-refractivity contribution in [3.8, 4) is 5.75 Å². The summed E-state index contributed by atoms with van der Waals surface area (Å²) in [6.45, 7) is 8.98. The number of hydrogen-bond donors (Lipinski definition) is 2. The number of nitrogens with zero attached hydrogens (tertiary/aromatic N) is 1. The van der Waals surface area contributed by atoms with Gasteiger partial charge in [0.15, 0.2) is 9.84 Å². The summed E-state index contributed by atoms with van der Waals surface area (Å²) in [5, 5.41) is 4.35. The maximum Gasteiger partial charge on any atom is 0.251 e. The van der Waals surface area contributed by atoms with E-state index >= 15 is 0 Å². The Labute approximate surface area is 280 Å². The number of halogens is 1. The number of aromatic amines is 1. The Balaban J connectivity index is 0.000000186. The van der Waals surface area contributed by atoms with Crippen LogP contribution < -0.4 is 15.6 Å². The first-order valence-electron chi connectivity index (χ1n) is 15.2. The average molecular weight is 696 g/mol. The molecule has 0 saturated carbocycles. The fourth-order valence-electron chi connectivity index (χ4n) is 5.61. The van der Waals surface area contributed by atoms with Gasteiger partial charge in [-0.1, -0.05) is 36.7 Å². The predicted octanol–water partition coefficient (Wildman–Crippen LogP) is 6.82. The second-order valence-electron chi connectivity index (χ2n) is 11.8. The highest BCUT2D eigenvalue weighted by Gasteiger charge is 2.25. The first-order chi connectivity index (χ1) is 22.3. The molecule has 0 radical (unpaired) electrons. The van der Waals surface area contributed by atoms with E-state index in [9.17, 15) is 21.6 Å². The van der Waals surface area contributed by atoms with Gasteiger partial charge < -0.3 is 15.0 Å². The third-order valence-electron chi connectivity index (χ3n) is 8.22. The maximum absolute atomic E-state index is 12.8. The zero-order valence-electron chi connectivity index (χ0n) is 26.6. The highest BCUT2D eigenvalue weighted by Crippen LogP contribution is 2.31. The second kappa shape index (κ2) is 14.1. The summed E-state index contributed by atoms with van der Waals surface area (Å²) in [6.07, 6.45) is 5.12. The number of anilines is 1. The van der Waals surface area contributed by atoms with Crippen molar-refractivity contribution in [2.75, 3.05) is 25.5 Å². The lowest BCUT2D eigenvalue weighted by Gasteiger charge is -2.26. The van der Waals surface area contributed by atoms with Gasteiger partial charge in [0.1, 0.15) is 10.6 Å². The molecule has 2 N–H and O–H groups in total. The number of sulfonamides is 1.